The fourth-order valence-corrected chi connectivity index (χ4v) is 10.3. The zero-order valence-electron chi connectivity index (χ0n) is 50.0. The van der Waals surface area contributed by atoms with Crippen LogP contribution in [0.5, 0.6) is 0 Å². The van der Waals surface area contributed by atoms with Gasteiger partial charge in [0.15, 0.2) is 0 Å². The van der Waals surface area contributed by atoms with Crippen molar-refractivity contribution in [2.75, 3.05) is 78.9 Å². The van der Waals surface area contributed by atoms with Crippen LogP contribution in [0.25, 0.3) is 9.69 Å². The molecule has 0 aliphatic heterocycles. The second kappa shape index (κ2) is 28.6. The van der Waals surface area contributed by atoms with Crippen molar-refractivity contribution in [3.8, 4) is 24.3 Å². The lowest BCUT2D eigenvalue weighted by Crippen LogP contribution is -2.62. The highest BCUT2D eigenvalue weighted by Gasteiger charge is 2.83. The van der Waals surface area contributed by atoms with Crippen molar-refractivity contribution in [2.45, 2.75) is 153 Å². The van der Waals surface area contributed by atoms with Crippen LogP contribution in [-0.4, -0.2) is 143 Å². The maximum atomic E-state index is 15.8. The summed E-state index contributed by atoms with van der Waals surface area (Å²) in [5.74, 6) is -55.0. The number of halogens is 21. The molecule has 0 amide bonds. The van der Waals surface area contributed by atoms with Gasteiger partial charge in [0, 0.05) is 81.4 Å². The Balaban J connectivity index is 1.95. The van der Waals surface area contributed by atoms with Crippen molar-refractivity contribution < 1.29 is 106 Å². The SMILES string of the molecule is [C-]#[N+]/C(C#N)=C1/CC(C)(C)CC(NCCOCCN(CCOCCNC2=C(C(F)(F)C(F)(F)C(C)(F)F)/C(=C(/C#N)[N+]#[C-])CC(C)(C)C2)CCOCCNC2=C(C(F)(F)C(F)(F)C(F)(F)C(F)(F)F)C(=C(C#N)C#N)CC(C)(C)C2)=C1C(F)(F)C(F)(F)C(C)(F)F. The van der Waals surface area contributed by atoms with Crippen molar-refractivity contribution in [3.63, 3.8) is 0 Å². The molecule has 0 aromatic rings. The second-order valence-corrected chi connectivity index (χ2v) is 24.0. The predicted octanol–water partition coefficient (Wildman–Crippen LogP) is 14.4. The van der Waals surface area contributed by atoms with E-state index in [0.717, 1.165) is 12.1 Å². The molecule has 13 nitrogen and oxygen atoms in total. The molecule has 0 saturated carbocycles. The number of hydrogen-bond acceptors (Lipinski definition) is 11. The highest BCUT2D eigenvalue weighted by molar-refractivity contribution is 5.57. The molecule has 0 atom stereocenters. The Labute approximate surface area is 510 Å². The van der Waals surface area contributed by atoms with Crippen molar-refractivity contribution in [1.82, 2.24) is 20.9 Å². The summed E-state index contributed by atoms with van der Waals surface area (Å²) in [4.78, 5) is 7.20. The number of nitrogens with one attached hydrogen (secondary N) is 3. The number of hydrogen-bond donors (Lipinski definition) is 3. The van der Waals surface area contributed by atoms with Gasteiger partial charge in [-0.25, -0.2) is 20.2 Å². The monoisotopic (exact) mass is 1330 g/mol. The van der Waals surface area contributed by atoms with E-state index in [4.69, 9.17) is 27.4 Å². The third-order valence-electron chi connectivity index (χ3n) is 14.7. The fourth-order valence-electron chi connectivity index (χ4n) is 10.3. The Morgan fingerprint density at radius 3 is 0.956 bits per heavy atom. The lowest BCUT2D eigenvalue weighted by Gasteiger charge is -2.41. The van der Waals surface area contributed by atoms with Gasteiger partial charge in [-0.05, 0) is 71.5 Å². The van der Waals surface area contributed by atoms with E-state index in [1.165, 1.54) is 58.6 Å². The minimum Gasteiger partial charge on any atom is -0.386 e. The molecule has 0 heterocycles. The molecule has 0 spiro atoms. The highest BCUT2D eigenvalue weighted by Crippen LogP contribution is 2.61. The van der Waals surface area contributed by atoms with E-state index in [1.807, 2.05) is 0 Å². The van der Waals surface area contributed by atoms with Gasteiger partial charge < -0.3 is 30.2 Å². The van der Waals surface area contributed by atoms with Crippen LogP contribution in [0.1, 0.15) is 93.9 Å². The maximum Gasteiger partial charge on any atom is 0.460 e. The molecule has 506 valence electrons. The van der Waals surface area contributed by atoms with Gasteiger partial charge in [-0.15, -0.1) is 0 Å². The molecule has 3 aliphatic rings. The first-order valence-electron chi connectivity index (χ1n) is 27.2. The summed E-state index contributed by atoms with van der Waals surface area (Å²) >= 11 is 0. The molecule has 0 saturated heterocycles. The molecule has 0 aromatic carbocycles. The number of rotatable bonds is 30. The average molecular weight is 1340 g/mol. The number of alkyl halides is 21. The van der Waals surface area contributed by atoms with Gasteiger partial charge in [0.05, 0.1) is 70.5 Å². The van der Waals surface area contributed by atoms with E-state index in [0.29, 0.717) is 0 Å². The molecule has 0 radical (unpaired) electrons. The topological polar surface area (TPSA) is 171 Å². The average Bonchev–Trinajstić information content (AvgIpc) is 0.738. The zero-order valence-corrected chi connectivity index (χ0v) is 50.0. The van der Waals surface area contributed by atoms with Crippen molar-refractivity contribution in [1.29, 1.82) is 21.0 Å². The van der Waals surface area contributed by atoms with Crippen LogP contribution in [0.15, 0.2) is 67.5 Å². The first kappa shape index (κ1) is 78.4. The summed E-state index contributed by atoms with van der Waals surface area (Å²) in [7, 11) is 0. The standard InChI is InChI=1S/C57H63F21N10O3/c1-45(2)23-34(33(29-79)30-80)42(52(66,67)55(72,73)56(74,75)57(76,77)78)37(26-45)85-11-17-89-20-14-88(15-21-90-18-12-86-38-27-46(3,4)24-35(40(31-81)83-9)43(38)50(62,63)53(68,69)48(7,58)59)16-22-91-19-13-87-39-28-47(5,6)25-36(41(32-82)84-10)44(39)51(64,65)54(70,71)49(8,60)61/h85-87H,11-28H2,1-8H3/b40-35-,41-36-. The van der Waals surface area contributed by atoms with Gasteiger partial charge in [-0.1, -0.05) is 41.5 Å². The lowest BCUT2D eigenvalue weighted by atomic mass is 9.70. The van der Waals surface area contributed by atoms with Crippen molar-refractivity contribution in [3.05, 3.63) is 90.3 Å². The van der Waals surface area contributed by atoms with Crippen LogP contribution in [0.4, 0.5) is 92.2 Å². The van der Waals surface area contributed by atoms with Gasteiger partial charge >= 0.3 is 59.5 Å². The Hall–Kier alpha value is -6.85. The normalized spacial score (nSPS) is 19.2. The number of ether oxygens (including phenoxy) is 3. The Kier molecular flexibility index (Phi) is 24.6. The lowest BCUT2D eigenvalue weighted by molar-refractivity contribution is -0.389. The van der Waals surface area contributed by atoms with E-state index in [2.05, 4.69) is 25.6 Å². The Morgan fingerprint density at radius 2 is 0.703 bits per heavy atom. The highest BCUT2D eigenvalue weighted by atomic mass is 19.4. The van der Waals surface area contributed by atoms with E-state index in [9.17, 15) is 78.1 Å². The summed E-state index contributed by atoms with van der Waals surface area (Å²) in [5, 5.41) is 45.4. The van der Waals surface area contributed by atoms with E-state index in [-0.39, 0.29) is 39.5 Å². The Bertz CT molecular complexity index is 2960. The van der Waals surface area contributed by atoms with E-state index >= 15 is 35.1 Å². The molecule has 0 fully saturated rings. The quantitative estimate of drug-likeness (QED) is 0.0271. The molecular formula is C57H63F21N10O3. The van der Waals surface area contributed by atoms with Crippen LogP contribution in [0.3, 0.4) is 0 Å². The van der Waals surface area contributed by atoms with Gasteiger partial charge in [0.1, 0.15) is 17.7 Å². The first-order valence-corrected chi connectivity index (χ1v) is 27.2. The molecule has 0 unspecified atom stereocenters. The van der Waals surface area contributed by atoms with Crippen molar-refractivity contribution in [2.24, 2.45) is 16.2 Å². The molecule has 34 heteroatoms. The second-order valence-electron chi connectivity index (χ2n) is 24.0. The third kappa shape index (κ3) is 17.1. The number of nitriles is 4. The van der Waals surface area contributed by atoms with Crippen LogP contribution in [0.2, 0.25) is 0 Å². The summed E-state index contributed by atoms with van der Waals surface area (Å²) < 4.78 is 326. The molecule has 0 bridgehead atoms. The molecule has 0 aromatic heterocycles. The van der Waals surface area contributed by atoms with Gasteiger partial charge in [-0.3, -0.25) is 4.90 Å². The minimum atomic E-state index is -7.36. The fraction of sp³-hybridized carbons (Fsp3) is 0.684. The maximum absolute atomic E-state index is 15.8. The largest absolute Gasteiger partial charge is 0.460 e. The van der Waals surface area contributed by atoms with Gasteiger partial charge in [0.2, 0.25) is 0 Å². The van der Waals surface area contributed by atoms with Crippen LogP contribution >= 0.6 is 0 Å². The van der Waals surface area contributed by atoms with E-state index in [1.54, 1.807) is 0 Å². The van der Waals surface area contributed by atoms with Crippen LogP contribution < -0.4 is 16.0 Å². The van der Waals surface area contributed by atoms with Gasteiger partial charge in [-0.2, -0.15) is 103 Å². The summed E-state index contributed by atoms with van der Waals surface area (Å²) in [5.41, 5.74) is -18.1. The summed E-state index contributed by atoms with van der Waals surface area (Å²) in [6.45, 7) is 17.5. The smallest absolute Gasteiger partial charge is 0.386 e. The first-order chi connectivity index (χ1) is 41.3. The van der Waals surface area contributed by atoms with Gasteiger partial charge in [0.25, 0.3) is 11.4 Å². The molecule has 91 heavy (non-hydrogen) atoms. The minimum absolute atomic E-state index is 0.163. The molecular weight excluding hydrogens is 1270 g/mol. The number of nitrogens with zero attached hydrogens (tertiary/aromatic N) is 7. The number of allylic oxidation sites excluding steroid dienone is 12. The molecule has 3 aliphatic carbocycles. The summed E-state index contributed by atoms with van der Waals surface area (Å²) in [6, 6.07) is 5.00. The third-order valence-corrected chi connectivity index (χ3v) is 14.7. The summed E-state index contributed by atoms with van der Waals surface area (Å²) in [6.07, 6.45) is -10.9. The van der Waals surface area contributed by atoms with E-state index < -0.39 is 235 Å². The van der Waals surface area contributed by atoms with Crippen LogP contribution in [-0.2, 0) is 14.2 Å². The zero-order chi connectivity index (χ0) is 70.2. The molecule has 3 rings (SSSR count). The predicted molar refractivity (Wildman–Crippen MR) is 282 cm³/mol. The van der Waals surface area contributed by atoms with Crippen molar-refractivity contribution >= 4 is 0 Å². The molecule has 3 N–H and O–H groups in total. The van der Waals surface area contributed by atoms with Crippen LogP contribution in [0, 0.1) is 74.7 Å². The Morgan fingerprint density at radius 1 is 0.429 bits per heavy atom.